The van der Waals surface area contributed by atoms with Crippen molar-refractivity contribution in [2.24, 2.45) is 0 Å². The van der Waals surface area contributed by atoms with Crippen molar-refractivity contribution in [3.63, 3.8) is 0 Å². The van der Waals surface area contributed by atoms with Gasteiger partial charge in [0.15, 0.2) is 0 Å². The Hall–Kier alpha value is -3.97. The average molecular weight is 472 g/mol. The lowest BCUT2D eigenvalue weighted by atomic mass is 10.0. The van der Waals surface area contributed by atoms with Crippen LogP contribution in [0.3, 0.4) is 0 Å². The number of hydrogen-bond donors (Lipinski definition) is 2. The quantitative estimate of drug-likeness (QED) is 0.415. The van der Waals surface area contributed by atoms with Gasteiger partial charge in [-0.3, -0.25) is 9.59 Å². The van der Waals surface area contributed by atoms with Crippen molar-refractivity contribution in [1.82, 2.24) is 9.88 Å². The highest BCUT2D eigenvalue weighted by Crippen LogP contribution is 2.32. The summed E-state index contributed by atoms with van der Waals surface area (Å²) in [5.74, 6) is -0.563. The number of halogens is 1. The van der Waals surface area contributed by atoms with Crippen LogP contribution < -0.4 is 5.32 Å². The number of carbonyl (C=O) groups is 2. The fraction of sp³-hybridized carbons (Fsp3) is 0.214. The van der Waals surface area contributed by atoms with Crippen LogP contribution in [0, 0.1) is 5.82 Å². The number of nitrogens with zero attached hydrogens (tertiary/aromatic N) is 1. The SMILES string of the molecule is O=C(CCc1c(-c2ccccc2)[nH]c2ccc(F)cc12)Nc1cccc(C(=O)N2CCOCC2)c1. The number of amides is 2. The minimum atomic E-state index is -0.316. The Morgan fingerprint density at radius 2 is 1.77 bits per heavy atom. The number of benzene rings is 3. The van der Waals surface area contributed by atoms with E-state index in [4.69, 9.17) is 4.74 Å². The second-order valence-electron chi connectivity index (χ2n) is 8.57. The molecule has 0 bridgehead atoms. The number of aryl methyl sites for hydroxylation is 1. The van der Waals surface area contributed by atoms with Crippen LogP contribution in [0.4, 0.5) is 10.1 Å². The van der Waals surface area contributed by atoms with Gasteiger partial charge >= 0.3 is 0 Å². The molecule has 0 radical (unpaired) electrons. The first kappa shape index (κ1) is 22.8. The summed E-state index contributed by atoms with van der Waals surface area (Å²) < 4.78 is 19.3. The summed E-state index contributed by atoms with van der Waals surface area (Å²) in [6, 6.07) is 21.4. The molecular weight excluding hydrogens is 445 g/mol. The normalized spacial score (nSPS) is 13.7. The van der Waals surface area contributed by atoms with Gasteiger partial charge in [0.25, 0.3) is 5.91 Å². The van der Waals surface area contributed by atoms with E-state index in [9.17, 15) is 14.0 Å². The summed E-state index contributed by atoms with van der Waals surface area (Å²) in [4.78, 5) is 30.7. The summed E-state index contributed by atoms with van der Waals surface area (Å²) in [6.07, 6.45) is 0.650. The van der Waals surface area contributed by atoms with Crippen LogP contribution in [0.15, 0.2) is 72.8 Å². The minimum Gasteiger partial charge on any atom is -0.378 e. The Labute approximate surface area is 202 Å². The maximum atomic E-state index is 14.0. The van der Waals surface area contributed by atoms with Crippen LogP contribution in [0.2, 0.25) is 0 Å². The van der Waals surface area contributed by atoms with Crippen LogP contribution in [0.5, 0.6) is 0 Å². The third kappa shape index (κ3) is 5.10. The van der Waals surface area contributed by atoms with E-state index in [1.54, 1.807) is 35.2 Å². The van der Waals surface area contributed by atoms with Crippen molar-refractivity contribution < 1.29 is 18.7 Å². The van der Waals surface area contributed by atoms with Crippen molar-refractivity contribution in [3.8, 4) is 11.3 Å². The Bertz CT molecular complexity index is 1360. The van der Waals surface area contributed by atoms with Crippen LogP contribution in [-0.4, -0.2) is 48.0 Å². The number of H-pyrrole nitrogens is 1. The number of carbonyl (C=O) groups excluding carboxylic acids is 2. The van der Waals surface area contributed by atoms with Gasteiger partial charge in [0, 0.05) is 47.4 Å². The Balaban J connectivity index is 1.32. The molecule has 1 aromatic heterocycles. The molecule has 2 N–H and O–H groups in total. The van der Waals surface area contributed by atoms with Gasteiger partial charge in [0.05, 0.1) is 13.2 Å². The molecule has 0 saturated carbocycles. The molecule has 2 amide bonds. The molecule has 5 rings (SSSR count). The molecule has 7 heteroatoms. The number of nitrogens with one attached hydrogen (secondary N) is 2. The number of morpholine rings is 1. The predicted molar refractivity (Wildman–Crippen MR) is 134 cm³/mol. The number of aromatic nitrogens is 1. The maximum Gasteiger partial charge on any atom is 0.254 e. The third-order valence-electron chi connectivity index (χ3n) is 6.22. The fourth-order valence-electron chi connectivity index (χ4n) is 4.47. The molecule has 35 heavy (non-hydrogen) atoms. The third-order valence-corrected chi connectivity index (χ3v) is 6.22. The molecule has 178 valence electrons. The van der Waals surface area contributed by atoms with Crippen LogP contribution >= 0.6 is 0 Å². The van der Waals surface area contributed by atoms with E-state index in [-0.39, 0.29) is 24.1 Å². The molecule has 0 unspecified atom stereocenters. The van der Waals surface area contributed by atoms with Crippen molar-refractivity contribution in [2.75, 3.05) is 31.6 Å². The standard InChI is InChI=1S/C28H26FN3O3/c29-21-9-11-25-24(18-21)23(27(31-25)19-5-2-1-3-6-19)10-12-26(33)30-22-8-4-7-20(17-22)28(34)32-13-15-35-16-14-32/h1-9,11,17-18,31H,10,12-16H2,(H,30,33). The van der Waals surface area contributed by atoms with E-state index < -0.39 is 0 Å². The zero-order chi connectivity index (χ0) is 24.2. The highest BCUT2D eigenvalue weighted by molar-refractivity contribution is 5.98. The maximum absolute atomic E-state index is 14.0. The van der Waals surface area contributed by atoms with E-state index in [0.29, 0.717) is 44.0 Å². The van der Waals surface area contributed by atoms with Gasteiger partial charge in [-0.05, 0) is 53.9 Å². The predicted octanol–water partition coefficient (Wildman–Crippen LogP) is 5.02. The lowest BCUT2D eigenvalue weighted by Gasteiger charge is -2.27. The average Bonchev–Trinajstić information content (AvgIpc) is 3.26. The van der Waals surface area contributed by atoms with Gasteiger partial charge in [0.1, 0.15) is 5.82 Å². The molecule has 1 saturated heterocycles. The Morgan fingerprint density at radius 3 is 2.57 bits per heavy atom. The smallest absolute Gasteiger partial charge is 0.254 e. The van der Waals surface area contributed by atoms with Crippen LogP contribution in [0.1, 0.15) is 22.3 Å². The second-order valence-corrected chi connectivity index (χ2v) is 8.57. The highest BCUT2D eigenvalue weighted by Gasteiger charge is 2.19. The van der Waals surface area contributed by atoms with Crippen molar-refractivity contribution in [2.45, 2.75) is 12.8 Å². The van der Waals surface area contributed by atoms with E-state index in [0.717, 1.165) is 27.7 Å². The van der Waals surface area contributed by atoms with Crippen molar-refractivity contribution in [1.29, 1.82) is 0 Å². The van der Waals surface area contributed by atoms with E-state index in [1.165, 1.54) is 12.1 Å². The van der Waals surface area contributed by atoms with Gasteiger partial charge in [0.2, 0.25) is 5.91 Å². The zero-order valence-corrected chi connectivity index (χ0v) is 19.2. The number of rotatable bonds is 6. The monoisotopic (exact) mass is 471 g/mol. The molecule has 0 atom stereocenters. The van der Waals surface area contributed by atoms with Crippen LogP contribution in [0.25, 0.3) is 22.2 Å². The Morgan fingerprint density at radius 1 is 0.971 bits per heavy atom. The van der Waals surface area contributed by atoms with E-state index in [2.05, 4.69) is 10.3 Å². The first-order chi connectivity index (χ1) is 17.1. The number of hydrogen-bond acceptors (Lipinski definition) is 3. The summed E-state index contributed by atoms with van der Waals surface area (Å²) in [5, 5.41) is 3.68. The molecule has 1 aliphatic heterocycles. The number of ether oxygens (including phenoxy) is 1. The molecule has 1 aliphatic rings. The van der Waals surface area contributed by atoms with Gasteiger partial charge in [-0.1, -0.05) is 36.4 Å². The Kier molecular flexibility index (Phi) is 6.59. The first-order valence-electron chi connectivity index (χ1n) is 11.7. The van der Waals surface area contributed by atoms with Crippen molar-refractivity contribution in [3.05, 3.63) is 89.7 Å². The summed E-state index contributed by atoms with van der Waals surface area (Å²) in [5.41, 5.74) is 4.70. The van der Waals surface area contributed by atoms with Crippen LogP contribution in [-0.2, 0) is 16.0 Å². The summed E-state index contributed by atoms with van der Waals surface area (Å²) in [6.45, 7) is 2.19. The van der Waals surface area contributed by atoms with E-state index in [1.807, 2.05) is 30.3 Å². The molecular formula is C28H26FN3O3. The van der Waals surface area contributed by atoms with Gasteiger partial charge in [-0.15, -0.1) is 0 Å². The largest absolute Gasteiger partial charge is 0.378 e. The first-order valence-corrected chi connectivity index (χ1v) is 11.7. The van der Waals surface area contributed by atoms with Gasteiger partial charge in [-0.2, -0.15) is 0 Å². The number of fused-ring (bicyclic) bond motifs is 1. The minimum absolute atomic E-state index is 0.0716. The highest BCUT2D eigenvalue weighted by atomic mass is 19.1. The van der Waals surface area contributed by atoms with E-state index >= 15 is 0 Å². The lowest BCUT2D eigenvalue weighted by molar-refractivity contribution is -0.116. The topological polar surface area (TPSA) is 74.4 Å². The van der Waals surface area contributed by atoms with Gasteiger partial charge in [-0.25, -0.2) is 4.39 Å². The molecule has 3 aromatic carbocycles. The number of anilines is 1. The molecule has 6 nitrogen and oxygen atoms in total. The summed E-state index contributed by atoms with van der Waals surface area (Å²) >= 11 is 0. The second kappa shape index (κ2) is 10.1. The molecule has 2 heterocycles. The molecule has 1 fully saturated rings. The molecule has 0 aliphatic carbocycles. The number of aromatic amines is 1. The fourth-order valence-corrected chi connectivity index (χ4v) is 4.47. The molecule has 0 spiro atoms. The molecule has 4 aromatic rings. The lowest BCUT2D eigenvalue weighted by Crippen LogP contribution is -2.40. The van der Waals surface area contributed by atoms with Gasteiger partial charge < -0.3 is 19.9 Å². The summed E-state index contributed by atoms with van der Waals surface area (Å²) in [7, 11) is 0. The zero-order valence-electron chi connectivity index (χ0n) is 19.2. The van der Waals surface area contributed by atoms with Crippen molar-refractivity contribution >= 4 is 28.4 Å².